The molecule has 0 bridgehead atoms. The van der Waals surface area contributed by atoms with Crippen LogP contribution in [-0.2, 0) is 7.05 Å². The second-order valence-corrected chi connectivity index (χ2v) is 4.71. The summed E-state index contributed by atoms with van der Waals surface area (Å²) in [6.07, 6.45) is 3.25. The first-order valence-electron chi connectivity index (χ1n) is 6.53. The molecule has 0 spiro atoms. The van der Waals surface area contributed by atoms with Crippen molar-refractivity contribution in [2.75, 3.05) is 0 Å². The van der Waals surface area contributed by atoms with E-state index in [4.69, 9.17) is 0 Å². The number of nitrogens with zero attached hydrogens (tertiary/aromatic N) is 2. The molecule has 0 unspecified atom stereocenters. The van der Waals surface area contributed by atoms with Gasteiger partial charge in [-0.3, -0.25) is 19.1 Å². The van der Waals surface area contributed by atoms with Crippen molar-refractivity contribution in [1.29, 1.82) is 0 Å². The Kier molecular flexibility index (Phi) is 3.30. The highest BCUT2D eigenvalue weighted by Gasteiger charge is 2.09. The summed E-state index contributed by atoms with van der Waals surface area (Å²) >= 11 is 0. The molecule has 1 aromatic carbocycles. The first-order chi connectivity index (χ1) is 10.6. The molecule has 0 fully saturated rings. The molecule has 0 aliphatic heterocycles. The lowest BCUT2D eigenvalue weighted by atomic mass is 10.2. The molecule has 22 heavy (non-hydrogen) atoms. The van der Waals surface area contributed by atoms with Crippen LogP contribution in [0.1, 0.15) is 11.3 Å². The predicted octanol–water partition coefficient (Wildman–Crippen LogP) is 0.480. The average molecular weight is 296 g/mol. The van der Waals surface area contributed by atoms with Gasteiger partial charge in [-0.15, -0.1) is 0 Å². The molecule has 0 aliphatic rings. The maximum atomic E-state index is 12.0. The monoisotopic (exact) mass is 296 g/mol. The van der Waals surface area contributed by atoms with Gasteiger partial charge in [0.05, 0.1) is 0 Å². The Balaban J connectivity index is 2.19. The number of aryl methyl sites for hydroxylation is 1. The maximum absolute atomic E-state index is 12.0. The van der Waals surface area contributed by atoms with Crippen molar-refractivity contribution in [1.82, 2.24) is 19.5 Å². The van der Waals surface area contributed by atoms with Gasteiger partial charge >= 0.3 is 5.69 Å². The molecule has 7 nitrogen and oxygen atoms in total. The highest BCUT2D eigenvalue weighted by Crippen LogP contribution is 2.05. The molecule has 3 rings (SSSR count). The lowest BCUT2D eigenvalue weighted by Crippen LogP contribution is -2.31. The average Bonchev–Trinajstić information content (AvgIpc) is 2.52. The highest BCUT2D eigenvalue weighted by molar-refractivity contribution is 5.73. The Morgan fingerprint density at radius 1 is 1.00 bits per heavy atom. The van der Waals surface area contributed by atoms with Crippen molar-refractivity contribution in [3.8, 4) is 0 Å². The summed E-state index contributed by atoms with van der Waals surface area (Å²) in [4.78, 5) is 44.1. The Bertz CT molecular complexity index is 1040. The third kappa shape index (κ3) is 2.39. The second-order valence-electron chi connectivity index (χ2n) is 4.71. The number of fused-ring (bicyclic) bond motifs is 1. The van der Waals surface area contributed by atoms with Gasteiger partial charge in [-0.2, -0.15) is 0 Å². The first kappa shape index (κ1) is 13.7. The van der Waals surface area contributed by atoms with Crippen LogP contribution in [0.3, 0.4) is 0 Å². The van der Waals surface area contributed by atoms with Crippen LogP contribution >= 0.6 is 0 Å². The molecule has 0 saturated heterocycles. The van der Waals surface area contributed by atoms with Crippen molar-refractivity contribution in [3.63, 3.8) is 0 Å². The normalized spacial score (nSPS) is 11.3. The van der Waals surface area contributed by atoms with Crippen molar-refractivity contribution < 1.29 is 0 Å². The van der Waals surface area contributed by atoms with Crippen LogP contribution in [0.25, 0.3) is 23.3 Å². The standard InChI is InChI=1S/C15H12N4O3/c1-19-12-11(14(21)18-15(19)22)16-10(13(20)17-12)8-7-9-5-3-2-4-6-9/h2-8H,1H3,(H,17,20)(H,18,21,22)/b8-7+. The van der Waals surface area contributed by atoms with Crippen LogP contribution in [0.15, 0.2) is 44.7 Å². The topological polar surface area (TPSA) is 101 Å². The Morgan fingerprint density at radius 3 is 2.45 bits per heavy atom. The van der Waals surface area contributed by atoms with E-state index in [0.29, 0.717) is 0 Å². The number of nitrogens with one attached hydrogen (secondary N) is 2. The van der Waals surface area contributed by atoms with E-state index < -0.39 is 16.8 Å². The number of benzene rings is 1. The molecule has 0 aliphatic carbocycles. The van der Waals surface area contributed by atoms with E-state index in [1.807, 2.05) is 30.3 Å². The molecular formula is C15H12N4O3. The third-order valence-corrected chi connectivity index (χ3v) is 3.23. The fraction of sp³-hybridized carbons (Fsp3) is 0.0667. The number of aromatic nitrogens is 4. The van der Waals surface area contributed by atoms with Gasteiger partial charge in [0, 0.05) is 7.05 Å². The van der Waals surface area contributed by atoms with Gasteiger partial charge in [0.2, 0.25) is 0 Å². The van der Waals surface area contributed by atoms with Gasteiger partial charge in [0.15, 0.2) is 5.52 Å². The summed E-state index contributed by atoms with van der Waals surface area (Å²) < 4.78 is 1.13. The minimum absolute atomic E-state index is 0.00871. The number of H-pyrrole nitrogens is 2. The Hall–Kier alpha value is -3.22. The lowest BCUT2D eigenvalue weighted by Gasteiger charge is -2.03. The van der Waals surface area contributed by atoms with Crippen molar-refractivity contribution >= 4 is 23.3 Å². The summed E-state index contributed by atoms with van der Waals surface area (Å²) in [6.45, 7) is 0. The number of hydrogen-bond acceptors (Lipinski definition) is 4. The zero-order chi connectivity index (χ0) is 15.7. The van der Waals surface area contributed by atoms with E-state index in [9.17, 15) is 14.4 Å². The minimum atomic E-state index is -0.635. The van der Waals surface area contributed by atoms with Crippen LogP contribution in [0.4, 0.5) is 0 Å². The van der Waals surface area contributed by atoms with E-state index in [1.54, 1.807) is 6.08 Å². The van der Waals surface area contributed by atoms with E-state index in [0.717, 1.165) is 10.1 Å². The molecule has 2 N–H and O–H groups in total. The van der Waals surface area contributed by atoms with E-state index in [2.05, 4.69) is 15.0 Å². The number of aromatic amines is 2. The predicted molar refractivity (Wildman–Crippen MR) is 83.6 cm³/mol. The first-order valence-corrected chi connectivity index (χ1v) is 6.53. The third-order valence-electron chi connectivity index (χ3n) is 3.23. The van der Waals surface area contributed by atoms with Crippen LogP contribution in [0.2, 0.25) is 0 Å². The molecule has 3 aromatic rings. The molecule has 0 saturated carbocycles. The van der Waals surface area contributed by atoms with Gasteiger partial charge in [-0.25, -0.2) is 9.78 Å². The molecule has 7 heteroatoms. The molecule has 0 radical (unpaired) electrons. The van der Waals surface area contributed by atoms with Gasteiger partial charge < -0.3 is 4.98 Å². The van der Waals surface area contributed by atoms with Crippen molar-refractivity contribution in [3.05, 3.63) is 72.8 Å². The molecule has 2 heterocycles. The fourth-order valence-corrected chi connectivity index (χ4v) is 2.05. The van der Waals surface area contributed by atoms with E-state index in [-0.39, 0.29) is 16.9 Å². The Morgan fingerprint density at radius 2 is 1.73 bits per heavy atom. The van der Waals surface area contributed by atoms with Crippen LogP contribution in [-0.4, -0.2) is 19.5 Å². The van der Waals surface area contributed by atoms with Gasteiger partial charge in [0.25, 0.3) is 11.1 Å². The van der Waals surface area contributed by atoms with Crippen LogP contribution < -0.4 is 16.8 Å². The van der Waals surface area contributed by atoms with Crippen LogP contribution in [0, 0.1) is 0 Å². The zero-order valence-corrected chi connectivity index (χ0v) is 11.7. The lowest BCUT2D eigenvalue weighted by molar-refractivity contribution is 0.820. The van der Waals surface area contributed by atoms with E-state index >= 15 is 0 Å². The maximum Gasteiger partial charge on any atom is 0.329 e. The van der Waals surface area contributed by atoms with E-state index in [1.165, 1.54) is 13.1 Å². The van der Waals surface area contributed by atoms with Crippen LogP contribution in [0.5, 0.6) is 0 Å². The molecular weight excluding hydrogens is 284 g/mol. The summed E-state index contributed by atoms with van der Waals surface area (Å²) in [5.41, 5.74) is -0.616. The summed E-state index contributed by atoms with van der Waals surface area (Å²) in [5.74, 6) is 0. The zero-order valence-electron chi connectivity index (χ0n) is 11.7. The van der Waals surface area contributed by atoms with Gasteiger partial charge in [-0.05, 0) is 11.6 Å². The molecule has 2 aromatic heterocycles. The minimum Gasteiger partial charge on any atom is -0.305 e. The van der Waals surface area contributed by atoms with Gasteiger partial charge in [0.1, 0.15) is 11.3 Å². The fourth-order valence-electron chi connectivity index (χ4n) is 2.05. The number of hydrogen-bond donors (Lipinski definition) is 2. The largest absolute Gasteiger partial charge is 0.329 e. The quantitative estimate of drug-likeness (QED) is 0.718. The Labute approximate surface area is 123 Å². The number of rotatable bonds is 2. The second kappa shape index (κ2) is 5.28. The SMILES string of the molecule is Cn1c(=O)[nH]c(=O)c2nc(/C=C/c3ccccc3)c(=O)[nH]c21. The van der Waals surface area contributed by atoms with Gasteiger partial charge in [-0.1, -0.05) is 36.4 Å². The molecule has 110 valence electrons. The highest BCUT2D eigenvalue weighted by atomic mass is 16.2. The molecule has 0 amide bonds. The van der Waals surface area contributed by atoms with Crippen molar-refractivity contribution in [2.24, 2.45) is 7.05 Å². The smallest absolute Gasteiger partial charge is 0.305 e. The molecule has 0 atom stereocenters. The summed E-state index contributed by atoms with van der Waals surface area (Å²) in [6, 6.07) is 9.39. The summed E-state index contributed by atoms with van der Waals surface area (Å²) in [7, 11) is 1.44. The van der Waals surface area contributed by atoms with Crippen molar-refractivity contribution in [2.45, 2.75) is 0 Å². The summed E-state index contributed by atoms with van der Waals surface area (Å²) in [5, 5.41) is 0.